The molecular formula is C23H28N4O2. The van der Waals surface area contributed by atoms with Gasteiger partial charge in [-0.05, 0) is 37.1 Å². The van der Waals surface area contributed by atoms with E-state index in [1.165, 1.54) is 11.1 Å². The zero-order chi connectivity index (χ0) is 20.7. The van der Waals surface area contributed by atoms with Crippen molar-refractivity contribution < 1.29 is 9.59 Å². The second-order valence-corrected chi connectivity index (χ2v) is 8.43. The molecule has 6 heteroatoms. The van der Waals surface area contributed by atoms with E-state index in [-0.39, 0.29) is 29.8 Å². The first-order valence-electron chi connectivity index (χ1n) is 10.1. The molecule has 0 N–H and O–H groups in total. The van der Waals surface area contributed by atoms with Gasteiger partial charge in [0.15, 0.2) is 0 Å². The highest BCUT2D eigenvalue weighted by atomic mass is 16.2. The van der Waals surface area contributed by atoms with E-state index in [1.807, 2.05) is 41.0 Å². The second kappa shape index (κ2) is 7.50. The number of rotatable bonds is 2. The largest absolute Gasteiger partial charge is 0.337 e. The number of hydrogen-bond donors (Lipinski definition) is 0. The standard InChI is InChI=1S/C23H28N4O2/c1-15-8-5-6-10-18(15)21-19-14-26(22(28)20-11-7-9-16(2)24-20)12-17(19)13-27(21)23(29)25(3)4/h5-11,17,19,21H,12-14H2,1-4H3/t17-,19-,21+/m1/s1. The van der Waals surface area contributed by atoms with Gasteiger partial charge >= 0.3 is 6.03 Å². The van der Waals surface area contributed by atoms with E-state index in [0.717, 1.165) is 5.69 Å². The average Bonchev–Trinajstić information content (AvgIpc) is 3.25. The summed E-state index contributed by atoms with van der Waals surface area (Å²) >= 11 is 0. The van der Waals surface area contributed by atoms with E-state index in [2.05, 4.69) is 24.0 Å². The van der Waals surface area contributed by atoms with Crippen molar-refractivity contribution in [2.45, 2.75) is 19.9 Å². The molecule has 2 saturated heterocycles. The predicted octanol–water partition coefficient (Wildman–Crippen LogP) is 3.13. The van der Waals surface area contributed by atoms with Gasteiger partial charge in [-0.3, -0.25) is 4.79 Å². The summed E-state index contributed by atoms with van der Waals surface area (Å²) in [7, 11) is 3.59. The quantitative estimate of drug-likeness (QED) is 0.789. The Hall–Kier alpha value is -2.89. The van der Waals surface area contributed by atoms with Gasteiger partial charge in [-0.2, -0.15) is 0 Å². The molecule has 2 aromatic rings. The Labute approximate surface area is 172 Å². The zero-order valence-electron chi connectivity index (χ0n) is 17.5. The first-order chi connectivity index (χ1) is 13.9. The molecule has 2 fully saturated rings. The van der Waals surface area contributed by atoms with Crippen LogP contribution >= 0.6 is 0 Å². The number of urea groups is 1. The van der Waals surface area contributed by atoms with Gasteiger partial charge in [0.25, 0.3) is 5.91 Å². The van der Waals surface area contributed by atoms with Gasteiger partial charge in [-0.15, -0.1) is 0 Å². The number of pyridine rings is 1. The Bertz CT molecular complexity index is 942. The van der Waals surface area contributed by atoms with E-state index in [9.17, 15) is 9.59 Å². The molecule has 6 nitrogen and oxygen atoms in total. The van der Waals surface area contributed by atoms with Gasteiger partial charge in [0.1, 0.15) is 5.69 Å². The maximum atomic E-state index is 13.0. The molecule has 2 aliphatic heterocycles. The topological polar surface area (TPSA) is 56.8 Å². The van der Waals surface area contributed by atoms with Gasteiger partial charge < -0.3 is 14.7 Å². The molecule has 0 bridgehead atoms. The third kappa shape index (κ3) is 3.48. The molecule has 0 radical (unpaired) electrons. The molecule has 3 atom stereocenters. The molecule has 0 unspecified atom stereocenters. The van der Waals surface area contributed by atoms with E-state index in [4.69, 9.17) is 0 Å². The molecule has 3 heterocycles. The van der Waals surface area contributed by atoms with Crippen LogP contribution in [-0.2, 0) is 0 Å². The molecule has 4 rings (SSSR count). The maximum absolute atomic E-state index is 13.0. The fraction of sp³-hybridized carbons (Fsp3) is 0.435. The Morgan fingerprint density at radius 1 is 1.00 bits per heavy atom. The van der Waals surface area contributed by atoms with Crippen molar-refractivity contribution >= 4 is 11.9 Å². The number of fused-ring (bicyclic) bond motifs is 1. The lowest BCUT2D eigenvalue weighted by Crippen LogP contribution is -2.42. The van der Waals surface area contributed by atoms with Crippen molar-refractivity contribution in [1.29, 1.82) is 0 Å². The highest BCUT2D eigenvalue weighted by molar-refractivity contribution is 5.92. The lowest BCUT2D eigenvalue weighted by molar-refractivity contribution is 0.0760. The van der Waals surface area contributed by atoms with Crippen molar-refractivity contribution in [1.82, 2.24) is 19.7 Å². The number of likely N-dealkylation sites (tertiary alicyclic amines) is 2. The van der Waals surface area contributed by atoms with Gasteiger partial charge in [-0.1, -0.05) is 30.3 Å². The Balaban J connectivity index is 1.63. The third-order valence-electron chi connectivity index (χ3n) is 6.19. The molecule has 2 aliphatic rings. The molecule has 0 saturated carbocycles. The van der Waals surface area contributed by atoms with Crippen LogP contribution < -0.4 is 0 Å². The van der Waals surface area contributed by atoms with Crippen LogP contribution in [-0.4, -0.2) is 65.4 Å². The smallest absolute Gasteiger partial charge is 0.320 e. The zero-order valence-corrected chi connectivity index (χ0v) is 17.5. The molecule has 1 aromatic carbocycles. The predicted molar refractivity (Wildman–Crippen MR) is 112 cm³/mol. The number of hydrogen-bond acceptors (Lipinski definition) is 3. The van der Waals surface area contributed by atoms with Crippen LogP contribution in [0.2, 0.25) is 0 Å². The minimum Gasteiger partial charge on any atom is -0.337 e. The lowest BCUT2D eigenvalue weighted by atomic mass is 9.88. The summed E-state index contributed by atoms with van der Waals surface area (Å²) in [5.74, 6) is 0.489. The van der Waals surface area contributed by atoms with Crippen molar-refractivity contribution in [3.8, 4) is 0 Å². The van der Waals surface area contributed by atoms with Gasteiger partial charge in [0.2, 0.25) is 0 Å². The number of aromatic nitrogens is 1. The number of nitrogens with zero attached hydrogens (tertiary/aromatic N) is 4. The molecular weight excluding hydrogens is 364 g/mol. The number of amides is 3. The van der Waals surface area contributed by atoms with E-state index in [1.54, 1.807) is 25.1 Å². The molecule has 0 aliphatic carbocycles. The molecule has 1 aromatic heterocycles. The summed E-state index contributed by atoms with van der Waals surface area (Å²) in [5, 5.41) is 0. The van der Waals surface area contributed by atoms with Crippen LogP contribution in [0.5, 0.6) is 0 Å². The van der Waals surface area contributed by atoms with Crippen LogP contribution in [0.1, 0.15) is 33.4 Å². The van der Waals surface area contributed by atoms with Crippen molar-refractivity contribution in [3.63, 3.8) is 0 Å². The summed E-state index contributed by atoms with van der Waals surface area (Å²) < 4.78 is 0. The first-order valence-corrected chi connectivity index (χ1v) is 10.1. The highest BCUT2D eigenvalue weighted by Crippen LogP contribution is 2.46. The minimum atomic E-state index is -0.0166. The van der Waals surface area contributed by atoms with Crippen LogP contribution in [0.4, 0.5) is 4.79 Å². The first kappa shape index (κ1) is 19.4. The number of carbonyl (C=O) groups is 2. The molecule has 0 spiro atoms. The van der Waals surface area contributed by atoms with Gasteiger partial charge in [0.05, 0.1) is 6.04 Å². The van der Waals surface area contributed by atoms with Crippen LogP contribution in [0, 0.1) is 25.7 Å². The third-order valence-corrected chi connectivity index (χ3v) is 6.19. The fourth-order valence-electron chi connectivity index (χ4n) is 4.81. The number of aryl methyl sites for hydroxylation is 2. The van der Waals surface area contributed by atoms with E-state index in [0.29, 0.717) is 25.3 Å². The number of benzene rings is 1. The van der Waals surface area contributed by atoms with Crippen LogP contribution in [0.15, 0.2) is 42.5 Å². The lowest BCUT2D eigenvalue weighted by Gasteiger charge is -2.32. The minimum absolute atomic E-state index is 0.0145. The molecule has 152 valence electrons. The molecule has 29 heavy (non-hydrogen) atoms. The van der Waals surface area contributed by atoms with Crippen LogP contribution in [0.25, 0.3) is 0 Å². The van der Waals surface area contributed by atoms with Gasteiger partial charge in [-0.25, -0.2) is 9.78 Å². The summed E-state index contributed by atoms with van der Waals surface area (Å²) in [4.78, 5) is 35.9. The summed E-state index contributed by atoms with van der Waals surface area (Å²) in [6.45, 7) is 5.98. The summed E-state index contributed by atoms with van der Waals surface area (Å²) in [5.41, 5.74) is 3.70. The number of carbonyl (C=O) groups excluding carboxylic acids is 2. The van der Waals surface area contributed by atoms with Crippen LogP contribution in [0.3, 0.4) is 0 Å². The Kier molecular flexibility index (Phi) is 5.03. The van der Waals surface area contributed by atoms with E-state index >= 15 is 0 Å². The maximum Gasteiger partial charge on any atom is 0.320 e. The molecule has 3 amide bonds. The average molecular weight is 393 g/mol. The summed E-state index contributed by atoms with van der Waals surface area (Å²) in [6, 6.07) is 13.8. The fourth-order valence-corrected chi connectivity index (χ4v) is 4.81. The van der Waals surface area contributed by atoms with E-state index < -0.39 is 0 Å². The Morgan fingerprint density at radius 3 is 2.45 bits per heavy atom. The highest BCUT2D eigenvalue weighted by Gasteiger charge is 2.50. The SMILES string of the molecule is Cc1cccc(C(=O)N2C[C@@H]3CN(C(=O)N(C)C)[C@@H](c4ccccc4C)[C@@H]3C2)n1. The monoisotopic (exact) mass is 392 g/mol. The summed E-state index contributed by atoms with van der Waals surface area (Å²) in [6.07, 6.45) is 0. The normalized spacial score (nSPS) is 23.2. The second-order valence-electron chi connectivity index (χ2n) is 8.43. The van der Waals surface area contributed by atoms with Gasteiger partial charge in [0, 0.05) is 51.3 Å². The van der Waals surface area contributed by atoms with Crippen molar-refractivity contribution in [2.75, 3.05) is 33.7 Å². The van der Waals surface area contributed by atoms with Crippen molar-refractivity contribution in [2.24, 2.45) is 11.8 Å². The Morgan fingerprint density at radius 2 is 1.76 bits per heavy atom. The van der Waals surface area contributed by atoms with Crippen molar-refractivity contribution in [3.05, 3.63) is 65.0 Å².